The number of nitrogens with zero attached hydrogens (tertiary/aromatic N) is 5. The summed E-state index contributed by atoms with van der Waals surface area (Å²) in [4.78, 5) is 28.8. The number of carbonyl (C=O) groups is 2. The van der Waals surface area contributed by atoms with E-state index in [9.17, 15) is 9.59 Å². The fourth-order valence-corrected chi connectivity index (χ4v) is 3.12. The normalized spacial score (nSPS) is 14.9. The van der Waals surface area contributed by atoms with Gasteiger partial charge in [0.05, 0.1) is 30.7 Å². The maximum Gasteiger partial charge on any atom is 0.273 e. The molecule has 3 N–H and O–H groups in total. The average molecular weight is 438 g/mol. The highest BCUT2D eigenvalue weighted by atomic mass is 16.5. The molecule has 1 saturated heterocycles. The molecule has 32 heavy (non-hydrogen) atoms. The van der Waals surface area contributed by atoms with Crippen molar-refractivity contribution < 1.29 is 19.1 Å². The quantitative estimate of drug-likeness (QED) is 0.494. The zero-order valence-corrected chi connectivity index (χ0v) is 17.7. The smallest absolute Gasteiger partial charge is 0.273 e. The molecule has 1 fully saturated rings. The van der Waals surface area contributed by atoms with Crippen LogP contribution in [0.15, 0.2) is 30.6 Å². The highest BCUT2D eigenvalue weighted by Crippen LogP contribution is 2.37. The van der Waals surface area contributed by atoms with E-state index in [1.165, 1.54) is 20.2 Å². The lowest BCUT2D eigenvalue weighted by Gasteiger charge is -2.24. The maximum atomic E-state index is 12.4. The Hall–Kier alpha value is -4.06. The average Bonchev–Trinajstić information content (AvgIpc) is 3.18. The van der Waals surface area contributed by atoms with Crippen LogP contribution in [-0.4, -0.2) is 63.6 Å². The lowest BCUT2D eigenvalue weighted by molar-refractivity contribution is -0.139. The van der Waals surface area contributed by atoms with Gasteiger partial charge in [-0.2, -0.15) is 5.10 Å². The number of hydrogen-bond donors (Lipinski definition) is 3. The zero-order chi connectivity index (χ0) is 22.7. The Bertz CT molecular complexity index is 1160. The summed E-state index contributed by atoms with van der Waals surface area (Å²) in [5.41, 5.74) is 1.59. The first-order valence-electron chi connectivity index (χ1n) is 9.82. The topological polar surface area (TPSA) is 145 Å². The van der Waals surface area contributed by atoms with E-state index in [2.05, 4.69) is 36.2 Å². The van der Waals surface area contributed by atoms with Crippen molar-refractivity contribution in [3.05, 3.63) is 36.3 Å². The Morgan fingerprint density at radius 3 is 2.69 bits per heavy atom. The summed E-state index contributed by atoms with van der Waals surface area (Å²) in [6.45, 7) is 0.549. The summed E-state index contributed by atoms with van der Waals surface area (Å²) in [5, 5.41) is 20.6. The fourth-order valence-electron chi connectivity index (χ4n) is 3.12. The molecule has 3 heterocycles. The van der Waals surface area contributed by atoms with E-state index in [1.807, 2.05) is 6.07 Å². The highest BCUT2D eigenvalue weighted by molar-refractivity contribution is 6.00. The third-order valence-electron chi connectivity index (χ3n) is 4.81. The Balaban J connectivity index is 1.69. The van der Waals surface area contributed by atoms with Gasteiger partial charge >= 0.3 is 0 Å². The van der Waals surface area contributed by atoms with Crippen LogP contribution in [0, 0.1) is 0 Å². The molecule has 12 nitrogen and oxygen atoms in total. The van der Waals surface area contributed by atoms with Crippen molar-refractivity contribution in [1.29, 1.82) is 0 Å². The number of anilines is 3. The molecule has 2 aromatic heterocycles. The Morgan fingerprint density at radius 1 is 1.25 bits per heavy atom. The predicted octanol–water partition coefficient (Wildman–Crippen LogP) is 1.11. The number of hydrogen-bond acceptors (Lipinski definition) is 9. The van der Waals surface area contributed by atoms with E-state index in [1.54, 1.807) is 30.2 Å². The molecule has 2 amide bonds. The van der Waals surface area contributed by atoms with Crippen LogP contribution < -0.4 is 20.7 Å². The number of amides is 2. The number of benzene rings is 1. The van der Waals surface area contributed by atoms with Crippen molar-refractivity contribution in [2.24, 2.45) is 7.05 Å². The third-order valence-corrected chi connectivity index (χ3v) is 4.81. The number of nitrogens with one attached hydrogen (secondary N) is 3. The molecule has 0 spiro atoms. The number of ether oxygens (including phenoxy) is 2. The lowest BCUT2D eigenvalue weighted by Crippen LogP contribution is -2.39. The monoisotopic (exact) mass is 438 g/mol. The molecule has 4 rings (SSSR count). The van der Waals surface area contributed by atoms with Gasteiger partial charge in [0.1, 0.15) is 12.4 Å². The van der Waals surface area contributed by atoms with Crippen molar-refractivity contribution in [2.75, 3.05) is 31.4 Å². The second-order valence-electron chi connectivity index (χ2n) is 6.96. The minimum atomic E-state index is -0.505. The summed E-state index contributed by atoms with van der Waals surface area (Å²) < 4.78 is 12.4. The van der Waals surface area contributed by atoms with Crippen LogP contribution in [0.3, 0.4) is 0 Å². The summed E-state index contributed by atoms with van der Waals surface area (Å²) in [6, 6.07) is 6.94. The number of methoxy groups -OCH3 is 1. The molecule has 3 aromatic rings. The third kappa shape index (κ3) is 4.21. The van der Waals surface area contributed by atoms with Gasteiger partial charge in [0.25, 0.3) is 11.8 Å². The fraction of sp³-hybridized carbons (Fsp3) is 0.300. The van der Waals surface area contributed by atoms with Crippen LogP contribution in [0.2, 0.25) is 0 Å². The van der Waals surface area contributed by atoms with Crippen LogP contribution in [0.25, 0.3) is 11.4 Å². The minimum Gasteiger partial charge on any atom is -0.494 e. The second-order valence-corrected chi connectivity index (χ2v) is 6.96. The van der Waals surface area contributed by atoms with E-state index in [0.717, 1.165) is 0 Å². The number of carbonyl (C=O) groups excluding carboxylic acids is 2. The molecule has 1 aliphatic rings. The first-order chi connectivity index (χ1) is 15.5. The largest absolute Gasteiger partial charge is 0.494 e. The Kier molecular flexibility index (Phi) is 5.94. The molecule has 0 aliphatic carbocycles. The van der Waals surface area contributed by atoms with Crippen LogP contribution >= 0.6 is 0 Å². The van der Waals surface area contributed by atoms with Crippen molar-refractivity contribution in [3.63, 3.8) is 0 Å². The lowest BCUT2D eigenvalue weighted by atomic mass is 10.1. The van der Waals surface area contributed by atoms with Crippen LogP contribution in [0.5, 0.6) is 5.75 Å². The molecule has 12 heteroatoms. The van der Waals surface area contributed by atoms with Crippen molar-refractivity contribution in [1.82, 2.24) is 30.3 Å². The summed E-state index contributed by atoms with van der Waals surface area (Å²) >= 11 is 0. The molecule has 0 saturated carbocycles. The van der Waals surface area contributed by atoms with Crippen molar-refractivity contribution in [3.8, 4) is 17.1 Å². The van der Waals surface area contributed by atoms with Gasteiger partial charge in [-0.25, -0.2) is 4.98 Å². The number of rotatable bonds is 7. The predicted molar refractivity (Wildman–Crippen MR) is 115 cm³/mol. The summed E-state index contributed by atoms with van der Waals surface area (Å²) in [7, 11) is 4.79. The van der Waals surface area contributed by atoms with Crippen molar-refractivity contribution >= 4 is 29.0 Å². The standard InChI is InChI=1S/C20H22N8O4/c1-21-20(30)16-13(9-15(25-26-16)24-19(29)14-7-8-32-14)23-12-6-4-5-11(17(12)31-3)18-22-10-28(2)27-18/h4-6,9-10,14H,7-8H2,1-3H3,(H,21,30)(H2,23,24,25,29). The minimum absolute atomic E-state index is 0.0498. The Morgan fingerprint density at radius 2 is 2.06 bits per heavy atom. The summed E-state index contributed by atoms with van der Waals surface area (Å²) in [5.74, 6) is 0.390. The second kappa shape index (κ2) is 8.98. The van der Waals surface area contributed by atoms with E-state index in [0.29, 0.717) is 41.5 Å². The number of para-hydroxylation sites is 1. The maximum absolute atomic E-state index is 12.4. The van der Waals surface area contributed by atoms with Crippen LogP contribution in [-0.2, 0) is 16.6 Å². The van der Waals surface area contributed by atoms with Gasteiger partial charge in [0.2, 0.25) is 0 Å². The number of aryl methyl sites for hydroxylation is 1. The van der Waals surface area contributed by atoms with E-state index in [-0.39, 0.29) is 17.4 Å². The highest BCUT2D eigenvalue weighted by Gasteiger charge is 2.27. The van der Waals surface area contributed by atoms with E-state index in [4.69, 9.17) is 9.47 Å². The van der Waals surface area contributed by atoms with Gasteiger partial charge in [0.15, 0.2) is 23.1 Å². The molecule has 0 bridgehead atoms. The van der Waals surface area contributed by atoms with Crippen LogP contribution in [0.4, 0.5) is 17.2 Å². The first-order valence-corrected chi connectivity index (χ1v) is 9.82. The van der Waals surface area contributed by atoms with Crippen molar-refractivity contribution in [2.45, 2.75) is 12.5 Å². The SMILES string of the molecule is CNC(=O)c1nnc(NC(=O)C2CCO2)cc1Nc1cccc(-c2ncn(C)n2)c1OC. The molecular formula is C20H22N8O4. The number of aromatic nitrogens is 5. The van der Waals surface area contributed by atoms with Crippen LogP contribution in [0.1, 0.15) is 16.9 Å². The van der Waals surface area contributed by atoms with Gasteiger partial charge in [-0.1, -0.05) is 6.07 Å². The summed E-state index contributed by atoms with van der Waals surface area (Å²) in [6.07, 6.45) is 1.73. The molecular weight excluding hydrogens is 416 g/mol. The van der Waals surface area contributed by atoms with E-state index < -0.39 is 12.0 Å². The molecule has 0 radical (unpaired) electrons. The molecule has 166 valence electrons. The molecule has 1 unspecified atom stereocenters. The van der Waals surface area contributed by atoms with Gasteiger partial charge in [-0.05, 0) is 12.1 Å². The van der Waals surface area contributed by atoms with Gasteiger partial charge in [0, 0.05) is 26.6 Å². The van der Waals surface area contributed by atoms with Gasteiger partial charge < -0.3 is 25.4 Å². The zero-order valence-electron chi connectivity index (χ0n) is 17.7. The molecule has 1 atom stereocenters. The van der Waals surface area contributed by atoms with Gasteiger partial charge in [-0.15, -0.1) is 10.2 Å². The molecule has 1 aromatic carbocycles. The Labute approximate surface area is 183 Å². The molecule has 1 aliphatic heterocycles. The van der Waals surface area contributed by atoms with E-state index >= 15 is 0 Å². The van der Waals surface area contributed by atoms with Gasteiger partial charge in [-0.3, -0.25) is 14.3 Å². The first kappa shape index (κ1) is 21.2.